The first-order chi connectivity index (χ1) is 15.2. The van der Waals surface area contributed by atoms with Crippen molar-refractivity contribution in [3.05, 3.63) is 67.5 Å². The Bertz CT molecular complexity index is 1280. The molecule has 1 atom stereocenters. The molecule has 11 heteroatoms. The maximum atomic E-state index is 14.0. The lowest BCUT2D eigenvalue weighted by atomic mass is 9.69. The third kappa shape index (κ3) is 2.77. The fourth-order valence-electron chi connectivity index (χ4n) is 4.09. The van der Waals surface area contributed by atoms with E-state index in [1.165, 1.54) is 25.1 Å². The topological polar surface area (TPSA) is 138 Å². The second kappa shape index (κ2) is 7.52. The van der Waals surface area contributed by atoms with Gasteiger partial charge in [0, 0.05) is 16.1 Å². The van der Waals surface area contributed by atoms with Crippen molar-refractivity contribution < 1.29 is 33.0 Å². The van der Waals surface area contributed by atoms with Crippen LogP contribution in [0.4, 0.5) is 10.5 Å². The molecule has 3 heterocycles. The van der Waals surface area contributed by atoms with Gasteiger partial charge in [-0.15, -0.1) is 0 Å². The number of rotatable bonds is 2. The number of nitrogens with zero attached hydrogens (tertiary/aromatic N) is 1. The van der Waals surface area contributed by atoms with Gasteiger partial charge in [-0.2, -0.15) is 0 Å². The van der Waals surface area contributed by atoms with E-state index < -0.39 is 40.5 Å². The highest BCUT2D eigenvalue weighted by molar-refractivity contribution is 9.10. The Hall–Kier alpha value is -3.60. The van der Waals surface area contributed by atoms with E-state index >= 15 is 0 Å². The maximum absolute atomic E-state index is 14.0. The first-order valence-electron chi connectivity index (χ1n) is 9.41. The molecular weight excluding hydrogens is 488 g/mol. The van der Waals surface area contributed by atoms with Gasteiger partial charge in [-0.25, -0.2) is 19.3 Å². The monoisotopic (exact) mass is 504 g/mol. The molecule has 2 N–H and O–H groups in total. The zero-order valence-electron chi connectivity index (χ0n) is 17.2. The summed E-state index contributed by atoms with van der Waals surface area (Å²) in [6.45, 7) is 3.08. The summed E-state index contributed by atoms with van der Waals surface area (Å²) in [6.07, 6.45) is -0.981. The zero-order chi connectivity index (χ0) is 23.4. The largest absolute Gasteiger partial charge is 0.465 e. The molecule has 166 valence electrons. The molecule has 1 unspecified atom stereocenters. The predicted molar refractivity (Wildman–Crippen MR) is 113 cm³/mol. The molecule has 1 spiro atoms. The van der Waals surface area contributed by atoms with Gasteiger partial charge in [0.15, 0.2) is 5.41 Å². The number of nitrogens with two attached hydrogens (primary N) is 1. The van der Waals surface area contributed by atoms with E-state index in [4.69, 9.17) is 24.4 Å². The molecule has 2 amide bonds. The summed E-state index contributed by atoms with van der Waals surface area (Å²) in [6, 6.07) is 5.97. The number of benzene rings is 1. The summed E-state index contributed by atoms with van der Waals surface area (Å²) in [5.74, 6) is -2.29. The quantitative estimate of drug-likeness (QED) is 0.609. The van der Waals surface area contributed by atoms with Crippen LogP contribution in [-0.4, -0.2) is 31.7 Å². The van der Waals surface area contributed by atoms with Crippen LogP contribution in [-0.2, 0) is 24.5 Å². The van der Waals surface area contributed by atoms with Gasteiger partial charge < -0.3 is 24.4 Å². The number of carbonyl (C=O) groups excluding carboxylic acids is 3. The molecule has 0 aliphatic carbocycles. The fourth-order valence-corrected chi connectivity index (χ4v) is 4.45. The molecule has 2 aliphatic rings. The molecule has 1 aromatic carbocycles. The van der Waals surface area contributed by atoms with Gasteiger partial charge >= 0.3 is 17.7 Å². The van der Waals surface area contributed by atoms with Gasteiger partial charge in [-0.05, 0) is 32.0 Å². The average molecular weight is 505 g/mol. The minimum atomic E-state index is -2.16. The molecule has 1 aromatic heterocycles. The molecule has 0 saturated heterocycles. The van der Waals surface area contributed by atoms with Gasteiger partial charge in [-0.3, -0.25) is 4.79 Å². The normalized spacial score (nSPS) is 18.9. The summed E-state index contributed by atoms with van der Waals surface area (Å²) < 4.78 is 21.2. The third-order valence-corrected chi connectivity index (χ3v) is 5.72. The van der Waals surface area contributed by atoms with Gasteiger partial charge in [0.25, 0.3) is 5.91 Å². The lowest BCUT2D eigenvalue weighted by Gasteiger charge is -2.34. The van der Waals surface area contributed by atoms with Crippen LogP contribution < -0.4 is 21.0 Å². The van der Waals surface area contributed by atoms with E-state index in [9.17, 15) is 19.2 Å². The molecule has 0 saturated carbocycles. The van der Waals surface area contributed by atoms with E-state index in [-0.39, 0.29) is 34.9 Å². The van der Waals surface area contributed by atoms with Crippen molar-refractivity contribution in [3.8, 4) is 5.75 Å². The number of amides is 2. The number of methoxy groups -OCH3 is 1. The molecular formula is C21H17BrN2O8. The highest BCUT2D eigenvalue weighted by Crippen LogP contribution is 2.55. The number of anilines is 1. The van der Waals surface area contributed by atoms with Gasteiger partial charge in [-0.1, -0.05) is 15.9 Å². The van der Waals surface area contributed by atoms with Gasteiger partial charge in [0.1, 0.15) is 22.6 Å². The third-order valence-electron chi connectivity index (χ3n) is 5.22. The number of fused-ring (bicyclic) bond motifs is 4. The number of carbonyl (C=O) groups is 3. The molecule has 32 heavy (non-hydrogen) atoms. The highest BCUT2D eigenvalue weighted by Gasteiger charge is 2.64. The van der Waals surface area contributed by atoms with Crippen molar-refractivity contribution in [1.82, 2.24) is 0 Å². The number of halogens is 1. The smallest absolute Gasteiger partial charge is 0.421 e. The summed E-state index contributed by atoms with van der Waals surface area (Å²) in [7, 11) is 1.09. The molecule has 2 aliphatic heterocycles. The Morgan fingerprint density at radius 3 is 2.62 bits per heavy atom. The van der Waals surface area contributed by atoms with Crippen molar-refractivity contribution in [2.24, 2.45) is 5.73 Å². The standard InChI is InChI=1S/C21H17BrN2O8/c1-4-30-20(28)24-12-6-5-10(22)8-11(12)21(19(24)27)14-13(7-9(2)31-18(14)26)32-16(23)15(21)17(25)29-3/h5-8H,4,23H2,1-3H3. The van der Waals surface area contributed by atoms with Crippen LogP contribution in [0.1, 0.15) is 23.8 Å². The van der Waals surface area contributed by atoms with E-state index in [0.29, 0.717) is 4.47 Å². The van der Waals surface area contributed by atoms with Crippen LogP contribution in [0.2, 0.25) is 0 Å². The van der Waals surface area contributed by atoms with Gasteiger partial charge in [0.2, 0.25) is 5.88 Å². The van der Waals surface area contributed by atoms with Crippen LogP contribution in [0, 0.1) is 6.92 Å². The molecule has 2 aromatic rings. The molecule has 0 bridgehead atoms. The van der Waals surface area contributed by atoms with Crippen LogP contribution in [0.15, 0.2) is 49.4 Å². The van der Waals surface area contributed by atoms with Gasteiger partial charge in [0.05, 0.1) is 19.4 Å². The lowest BCUT2D eigenvalue weighted by Crippen LogP contribution is -2.52. The molecule has 0 fully saturated rings. The van der Waals surface area contributed by atoms with Crippen molar-refractivity contribution in [2.45, 2.75) is 19.3 Å². The Balaban J connectivity index is 2.20. The Morgan fingerprint density at radius 2 is 1.97 bits per heavy atom. The minimum absolute atomic E-state index is 0.00958. The number of hydrogen-bond acceptors (Lipinski definition) is 9. The predicted octanol–water partition coefficient (Wildman–Crippen LogP) is 2.24. The Labute approximate surface area is 189 Å². The van der Waals surface area contributed by atoms with E-state index in [1.54, 1.807) is 13.0 Å². The Morgan fingerprint density at radius 1 is 1.25 bits per heavy atom. The van der Waals surface area contributed by atoms with E-state index in [0.717, 1.165) is 12.0 Å². The van der Waals surface area contributed by atoms with Crippen molar-refractivity contribution in [2.75, 3.05) is 18.6 Å². The van der Waals surface area contributed by atoms with Crippen LogP contribution in [0.25, 0.3) is 0 Å². The number of imide groups is 1. The molecule has 10 nitrogen and oxygen atoms in total. The van der Waals surface area contributed by atoms with Crippen molar-refractivity contribution >= 4 is 39.6 Å². The van der Waals surface area contributed by atoms with Crippen LogP contribution >= 0.6 is 15.9 Å². The summed E-state index contributed by atoms with van der Waals surface area (Å²) in [5.41, 5.74) is 2.50. The highest BCUT2D eigenvalue weighted by atomic mass is 79.9. The first kappa shape index (κ1) is 21.6. The lowest BCUT2D eigenvalue weighted by molar-refractivity contribution is -0.138. The average Bonchev–Trinajstić information content (AvgIpc) is 2.95. The number of ether oxygens (including phenoxy) is 3. The molecule has 0 radical (unpaired) electrons. The number of hydrogen-bond donors (Lipinski definition) is 1. The maximum Gasteiger partial charge on any atom is 0.421 e. The first-order valence-corrected chi connectivity index (χ1v) is 10.2. The van der Waals surface area contributed by atoms with Crippen molar-refractivity contribution in [3.63, 3.8) is 0 Å². The second-order valence-corrected chi connectivity index (χ2v) is 7.88. The second-order valence-electron chi connectivity index (χ2n) is 6.97. The number of esters is 1. The van der Waals surface area contributed by atoms with Crippen LogP contribution in [0.3, 0.4) is 0 Å². The summed E-state index contributed by atoms with van der Waals surface area (Å²) in [5, 5.41) is 0. The summed E-state index contributed by atoms with van der Waals surface area (Å²) >= 11 is 3.34. The SMILES string of the molecule is CCOC(=O)N1C(=O)C2(C(C(=O)OC)=C(N)Oc3cc(C)oc(=O)c32)c2cc(Br)ccc21. The Kier molecular flexibility index (Phi) is 5.08. The van der Waals surface area contributed by atoms with E-state index in [2.05, 4.69) is 15.9 Å². The minimum Gasteiger partial charge on any atom is -0.465 e. The van der Waals surface area contributed by atoms with E-state index in [1.807, 2.05) is 0 Å². The zero-order valence-corrected chi connectivity index (χ0v) is 18.8. The fraction of sp³-hybridized carbons (Fsp3) is 0.238. The van der Waals surface area contributed by atoms with Crippen molar-refractivity contribution in [1.29, 1.82) is 0 Å². The van der Waals surface area contributed by atoms with Crippen LogP contribution in [0.5, 0.6) is 5.75 Å². The number of aryl methyl sites for hydroxylation is 1. The summed E-state index contributed by atoms with van der Waals surface area (Å²) in [4.78, 5) is 53.6. The molecule has 4 rings (SSSR count).